The zero-order valence-electron chi connectivity index (χ0n) is 15.0. The Labute approximate surface area is 152 Å². The Morgan fingerprint density at radius 3 is 2.12 bits per heavy atom. The van der Waals surface area contributed by atoms with E-state index in [0.717, 1.165) is 48.8 Å². The van der Waals surface area contributed by atoms with Gasteiger partial charge in [-0.1, -0.05) is 0 Å². The zero-order valence-corrected chi connectivity index (χ0v) is 15.0. The molecule has 2 aromatic carbocycles. The topological polar surface area (TPSA) is 76.9 Å². The Balaban J connectivity index is 1.59. The highest BCUT2D eigenvalue weighted by atomic mass is 16.6. The SMILES string of the molecule is COc1cc(NC2CCN(c3ccc([N+](=O)[O-])cc3)CC2)cc(OC)c1. The second-order valence-electron chi connectivity index (χ2n) is 6.28. The lowest BCUT2D eigenvalue weighted by molar-refractivity contribution is -0.384. The third-order valence-corrected chi connectivity index (χ3v) is 4.64. The molecule has 0 bridgehead atoms. The van der Waals surface area contributed by atoms with E-state index in [1.165, 1.54) is 0 Å². The molecule has 2 aromatic rings. The van der Waals surface area contributed by atoms with Gasteiger partial charge in [-0.05, 0) is 25.0 Å². The predicted molar refractivity (Wildman–Crippen MR) is 102 cm³/mol. The fraction of sp³-hybridized carbons (Fsp3) is 0.368. The molecule has 0 aromatic heterocycles. The molecule has 0 spiro atoms. The molecule has 0 atom stereocenters. The minimum Gasteiger partial charge on any atom is -0.497 e. The van der Waals surface area contributed by atoms with Crippen LogP contribution in [0.4, 0.5) is 17.1 Å². The first-order valence-corrected chi connectivity index (χ1v) is 8.58. The molecule has 26 heavy (non-hydrogen) atoms. The molecular weight excluding hydrogens is 334 g/mol. The molecule has 3 rings (SSSR count). The third-order valence-electron chi connectivity index (χ3n) is 4.64. The fourth-order valence-corrected chi connectivity index (χ4v) is 3.19. The van der Waals surface area contributed by atoms with E-state index in [4.69, 9.17) is 9.47 Å². The highest BCUT2D eigenvalue weighted by molar-refractivity contribution is 5.55. The van der Waals surface area contributed by atoms with Crippen LogP contribution in [0.5, 0.6) is 11.5 Å². The number of ether oxygens (including phenoxy) is 2. The van der Waals surface area contributed by atoms with E-state index < -0.39 is 0 Å². The zero-order chi connectivity index (χ0) is 18.5. The average Bonchev–Trinajstić information content (AvgIpc) is 2.68. The van der Waals surface area contributed by atoms with Crippen molar-refractivity contribution in [1.29, 1.82) is 0 Å². The van der Waals surface area contributed by atoms with Gasteiger partial charge in [0.05, 0.1) is 19.1 Å². The molecule has 1 fully saturated rings. The minimum absolute atomic E-state index is 0.122. The number of non-ortho nitro benzene ring substituents is 1. The van der Waals surface area contributed by atoms with Crippen molar-refractivity contribution in [3.05, 3.63) is 52.6 Å². The van der Waals surface area contributed by atoms with Crippen molar-refractivity contribution in [3.63, 3.8) is 0 Å². The summed E-state index contributed by atoms with van der Waals surface area (Å²) in [6.07, 6.45) is 1.97. The van der Waals surface area contributed by atoms with Crippen LogP contribution in [0.2, 0.25) is 0 Å². The van der Waals surface area contributed by atoms with Gasteiger partial charge in [0.15, 0.2) is 0 Å². The molecule has 1 aliphatic rings. The van der Waals surface area contributed by atoms with Gasteiger partial charge in [0.25, 0.3) is 5.69 Å². The van der Waals surface area contributed by atoms with Crippen molar-refractivity contribution in [1.82, 2.24) is 0 Å². The molecule has 0 aliphatic carbocycles. The lowest BCUT2D eigenvalue weighted by Gasteiger charge is -2.34. The Morgan fingerprint density at radius 2 is 1.62 bits per heavy atom. The molecule has 0 unspecified atom stereocenters. The van der Waals surface area contributed by atoms with Gasteiger partial charge in [0, 0.05) is 60.8 Å². The normalized spacial score (nSPS) is 14.8. The maximum Gasteiger partial charge on any atom is 0.269 e. The first-order chi connectivity index (χ1) is 12.6. The number of hydrogen-bond donors (Lipinski definition) is 1. The maximum absolute atomic E-state index is 10.8. The molecule has 0 amide bonds. The number of benzene rings is 2. The van der Waals surface area contributed by atoms with Crippen LogP contribution >= 0.6 is 0 Å². The smallest absolute Gasteiger partial charge is 0.269 e. The molecule has 1 saturated heterocycles. The summed E-state index contributed by atoms with van der Waals surface area (Å²) in [5.74, 6) is 1.52. The Bertz CT molecular complexity index is 734. The van der Waals surface area contributed by atoms with Gasteiger partial charge in [-0.2, -0.15) is 0 Å². The number of nitro groups is 1. The fourth-order valence-electron chi connectivity index (χ4n) is 3.19. The van der Waals surface area contributed by atoms with Gasteiger partial charge in [-0.25, -0.2) is 0 Å². The second-order valence-corrected chi connectivity index (χ2v) is 6.28. The molecule has 138 valence electrons. The summed E-state index contributed by atoms with van der Waals surface area (Å²) in [5, 5.41) is 14.3. The number of piperidine rings is 1. The van der Waals surface area contributed by atoms with Crippen molar-refractivity contribution in [2.24, 2.45) is 0 Å². The summed E-state index contributed by atoms with van der Waals surface area (Å²) in [6, 6.07) is 12.9. The van der Waals surface area contributed by atoms with Crippen molar-refractivity contribution in [2.75, 3.05) is 37.5 Å². The molecule has 0 saturated carbocycles. The van der Waals surface area contributed by atoms with Crippen molar-refractivity contribution in [2.45, 2.75) is 18.9 Å². The van der Waals surface area contributed by atoms with E-state index in [9.17, 15) is 10.1 Å². The van der Waals surface area contributed by atoms with Crippen molar-refractivity contribution >= 4 is 17.1 Å². The summed E-state index contributed by atoms with van der Waals surface area (Å²) >= 11 is 0. The van der Waals surface area contributed by atoms with Gasteiger partial charge in [0.2, 0.25) is 0 Å². The minimum atomic E-state index is -0.373. The van der Waals surface area contributed by atoms with Gasteiger partial charge in [0.1, 0.15) is 11.5 Å². The molecule has 1 heterocycles. The number of hydrogen-bond acceptors (Lipinski definition) is 6. The molecular formula is C19H23N3O4. The Morgan fingerprint density at radius 1 is 1.04 bits per heavy atom. The van der Waals surface area contributed by atoms with Crippen molar-refractivity contribution in [3.8, 4) is 11.5 Å². The number of methoxy groups -OCH3 is 2. The maximum atomic E-state index is 10.8. The summed E-state index contributed by atoms with van der Waals surface area (Å²) in [7, 11) is 3.28. The van der Waals surface area contributed by atoms with Crippen LogP contribution < -0.4 is 19.7 Å². The highest BCUT2D eigenvalue weighted by Crippen LogP contribution is 2.28. The van der Waals surface area contributed by atoms with Crippen LogP contribution in [-0.4, -0.2) is 38.3 Å². The summed E-state index contributed by atoms with van der Waals surface area (Å²) in [5.41, 5.74) is 2.13. The third kappa shape index (κ3) is 4.17. The summed E-state index contributed by atoms with van der Waals surface area (Å²) < 4.78 is 10.6. The molecule has 0 radical (unpaired) electrons. The van der Waals surface area contributed by atoms with Crippen LogP contribution in [0.3, 0.4) is 0 Å². The van der Waals surface area contributed by atoms with Crippen LogP contribution in [0, 0.1) is 10.1 Å². The van der Waals surface area contributed by atoms with Gasteiger partial charge >= 0.3 is 0 Å². The van der Waals surface area contributed by atoms with E-state index in [-0.39, 0.29) is 10.6 Å². The molecule has 7 heteroatoms. The Hall–Kier alpha value is -2.96. The summed E-state index contributed by atoms with van der Waals surface area (Å²) in [4.78, 5) is 12.6. The van der Waals surface area contributed by atoms with Gasteiger partial charge < -0.3 is 19.7 Å². The lowest BCUT2D eigenvalue weighted by atomic mass is 10.0. The quantitative estimate of drug-likeness (QED) is 0.627. The van der Waals surface area contributed by atoms with Crippen LogP contribution in [0.15, 0.2) is 42.5 Å². The number of anilines is 2. The monoisotopic (exact) mass is 357 g/mol. The summed E-state index contributed by atoms with van der Waals surface area (Å²) in [6.45, 7) is 1.80. The van der Waals surface area contributed by atoms with E-state index in [0.29, 0.717) is 6.04 Å². The number of nitrogens with one attached hydrogen (secondary N) is 1. The van der Waals surface area contributed by atoms with E-state index >= 15 is 0 Å². The van der Waals surface area contributed by atoms with Crippen molar-refractivity contribution < 1.29 is 14.4 Å². The number of nitro benzene ring substituents is 1. The largest absolute Gasteiger partial charge is 0.497 e. The van der Waals surface area contributed by atoms with E-state index in [1.807, 2.05) is 30.3 Å². The van der Waals surface area contributed by atoms with Gasteiger partial charge in [-0.15, -0.1) is 0 Å². The van der Waals surface area contributed by atoms with E-state index in [1.54, 1.807) is 26.4 Å². The highest BCUT2D eigenvalue weighted by Gasteiger charge is 2.20. The van der Waals surface area contributed by atoms with Gasteiger partial charge in [-0.3, -0.25) is 10.1 Å². The molecule has 1 aliphatic heterocycles. The number of nitrogens with zero attached hydrogens (tertiary/aromatic N) is 2. The molecule has 1 N–H and O–H groups in total. The second kappa shape index (κ2) is 7.95. The predicted octanol–water partition coefficient (Wildman–Crippen LogP) is 3.69. The van der Waals surface area contributed by atoms with Crippen LogP contribution in [0.25, 0.3) is 0 Å². The number of rotatable bonds is 6. The standard InChI is InChI=1S/C19H23N3O4/c1-25-18-11-15(12-19(13-18)26-2)20-14-7-9-21(10-8-14)16-3-5-17(6-4-16)22(23)24/h3-6,11-14,20H,7-10H2,1-2H3. The molecule has 7 nitrogen and oxygen atoms in total. The van der Waals surface area contributed by atoms with Crippen LogP contribution in [-0.2, 0) is 0 Å². The Kier molecular flexibility index (Phi) is 5.46. The average molecular weight is 357 g/mol. The first-order valence-electron chi connectivity index (χ1n) is 8.58. The first kappa shape index (κ1) is 17.8. The van der Waals surface area contributed by atoms with Crippen LogP contribution in [0.1, 0.15) is 12.8 Å². The van der Waals surface area contributed by atoms with E-state index in [2.05, 4.69) is 10.2 Å². The lowest BCUT2D eigenvalue weighted by Crippen LogP contribution is -2.39.